The van der Waals surface area contributed by atoms with E-state index in [1.54, 1.807) is 12.2 Å². The maximum Gasteiger partial charge on any atom is 0.337 e. The van der Waals surface area contributed by atoms with Crippen molar-refractivity contribution in [2.75, 3.05) is 47.0 Å². The number of esters is 1. The number of aliphatic hydroxyl groups excluding tert-OH is 5. The first-order valence-electron chi connectivity index (χ1n) is 16.4. The number of piperidine rings is 1. The number of aliphatic hydroxyl groups is 5. The Labute approximate surface area is 279 Å². The molecule has 16 nitrogen and oxygen atoms in total. The molecule has 1 saturated carbocycles. The minimum Gasteiger partial charge on any atom is -0.550 e. The lowest BCUT2D eigenvalue weighted by atomic mass is 9.78. The predicted molar refractivity (Wildman–Crippen MR) is 166 cm³/mol. The molecule has 48 heavy (non-hydrogen) atoms. The topological polar surface area (TPSA) is 250 Å². The molecule has 3 aliphatic heterocycles. The highest BCUT2D eigenvalue weighted by molar-refractivity contribution is 5.89. The molecule has 0 bridgehead atoms. The number of methoxy groups -OCH3 is 1. The maximum absolute atomic E-state index is 13.1. The van der Waals surface area contributed by atoms with Crippen molar-refractivity contribution in [2.45, 2.75) is 75.1 Å². The molecular formula is C32H50N4O12. The molecule has 16 heteroatoms. The van der Waals surface area contributed by atoms with Crippen molar-refractivity contribution in [3.8, 4) is 0 Å². The first-order valence-corrected chi connectivity index (χ1v) is 16.4. The SMILES string of the molecule is CN=C(N)NC1C(C=C[C@H]2C(C(=O)OC)=CO[C@@H](O[C@H]3O[C@H](CO)[C@@H](O)[C@H](O)[C@H]3O)[C@@H]2C=C2CCCCC2)C[NH+](CCO)CC1C(=O)[O-]. The second-order valence-corrected chi connectivity index (χ2v) is 12.8. The lowest BCUT2D eigenvalue weighted by Crippen LogP contribution is -3.16. The average Bonchev–Trinajstić information content (AvgIpc) is 3.09. The zero-order valence-electron chi connectivity index (χ0n) is 27.3. The Balaban J connectivity index is 1.75. The number of nitrogens with one attached hydrogen (secondary N) is 2. The van der Waals surface area contributed by atoms with Crippen LogP contribution in [0.3, 0.4) is 0 Å². The van der Waals surface area contributed by atoms with Gasteiger partial charge < -0.3 is 70.3 Å². The fourth-order valence-electron chi connectivity index (χ4n) is 7.05. The van der Waals surface area contributed by atoms with Gasteiger partial charge in [-0.05, 0) is 25.7 Å². The number of hydrogen-bond acceptors (Lipinski definition) is 13. The van der Waals surface area contributed by atoms with E-state index in [9.17, 15) is 40.2 Å². The monoisotopic (exact) mass is 682 g/mol. The van der Waals surface area contributed by atoms with E-state index in [4.69, 9.17) is 24.7 Å². The van der Waals surface area contributed by atoms with Crippen LogP contribution in [0.15, 0.2) is 40.6 Å². The number of nitrogens with two attached hydrogens (primary N) is 1. The molecule has 1 aliphatic carbocycles. The van der Waals surface area contributed by atoms with Crippen LogP contribution in [0.5, 0.6) is 0 Å². The van der Waals surface area contributed by atoms with Gasteiger partial charge in [0.05, 0.1) is 69.1 Å². The van der Waals surface area contributed by atoms with Crippen LogP contribution in [0.1, 0.15) is 32.1 Å². The Morgan fingerprint density at radius 3 is 2.46 bits per heavy atom. The number of quaternary nitrogens is 1. The number of likely N-dealkylation sites (tertiary alicyclic amines) is 1. The van der Waals surface area contributed by atoms with Crippen LogP contribution in [0.2, 0.25) is 0 Å². The molecule has 12 atom stereocenters. The van der Waals surface area contributed by atoms with E-state index >= 15 is 0 Å². The number of ether oxygens (including phenoxy) is 4. The molecule has 4 rings (SSSR count). The first-order chi connectivity index (χ1) is 23.0. The minimum absolute atomic E-state index is 0.0457. The van der Waals surface area contributed by atoms with Crippen molar-refractivity contribution in [1.29, 1.82) is 0 Å². The van der Waals surface area contributed by atoms with Gasteiger partial charge in [-0.15, -0.1) is 0 Å². The third kappa shape index (κ3) is 8.92. The van der Waals surface area contributed by atoms with Crippen molar-refractivity contribution in [3.05, 3.63) is 35.6 Å². The number of guanidine groups is 1. The fraction of sp³-hybridized carbons (Fsp3) is 0.719. The third-order valence-corrected chi connectivity index (χ3v) is 9.70. The molecule has 4 aliphatic rings. The minimum atomic E-state index is -1.68. The number of carboxylic acids is 1. The molecule has 270 valence electrons. The maximum atomic E-state index is 13.1. The van der Waals surface area contributed by atoms with E-state index in [-0.39, 0.29) is 24.7 Å². The first kappa shape index (κ1) is 37.7. The summed E-state index contributed by atoms with van der Waals surface area (Å²) in [5.41, 5.74) is 7.26. The molecule has 0 spiro atoms. The van der Waals surface area contributed by atoms with Crippen molar-refractivity contribution in [2.24, 2.45) is 34.4 Å². The molecule has 2 saturated heterocycles. The predicted octanol–water partition coefficient (Wildman–Crippen LogP) is -4.33. The Bertz CT molecular complexity index is 1220. The van der Waals surface area contributed by atoms with Crippen LogP contribution >= 0.6 is 0 Å². The summed E-state index contributed by atoms with van der Waals surface area (Å²) in [6.07, 6.45) is 2.59. The standard InChI is InChI=1S/C32H50N4O12/c1-34-32(33)35-24-18(13-36(10-11-37)14-21(24)28(42)43)8-9-19-20(12-17-6-4-3-5-7-17)30(46-16-22(19)29(44)45-2)48-31-27(41)26(40)25(39)23(15-38)47-31/h8-9,12,16,18-21,23-27,30-31,37-41H,3-7,10-11,13-15H2,1-2H3,(H,42,43)(H3,33,34,35)/t18?,19-,20-,21?,23-,24?,25-,26+,27-,30+,31-/m1/s1. The Morgan fingerprint density at radius 1 is 1.10 bits per heavy atom. The van der Waals surface area contributed by atoms with E-state index in [0.717, 1.165) is 42.6 Å². The van der Waals surface area contributed by atoms with Gasteiger partial charge in [0.25, 0.3) is 0 Å². The number of carbonyl (C=O) groups excluding carboxylic acids is 2. The molecule has 0 amide bonds. The summed E-state index contributed by atoms with van der Waals surface area (Å²) in [5.74, 6) is -4.79. The van der Waals surface area contributed by atoms with Gasteiger partial charge in [-0.25, -0.2) is 4.79 Å². The number of hydrogen-bond donors (Lipinski definition) is 8. The van der Waals surface area contributed by atoms with Crippen LogP contribution in [-0.2, 0) is 28.5 Å². The number of rotatable bonds is 11. The molecule has 3 fully saturated rings. The quantitative estimate of drug-likeness (QED) is 0.0444. The molecule has 0 aromatic carbocycles. The summed E-state index contributed by atoms with van der Waals surface area (Å²) >= 11 is 0. The molecule has 9 N–H and O–H groups in total. The average molecular weight is 683 g/mol. The summed E-state index contributed by atoms with van der Waals surface area (Å²) in [6.45, 7) is 0.132. The molecule has 3 heterocycles. The van der Waals surface area contributed by atoms with E-state index in [1.807, 2.05) is 6.08 Å². The van der Waals surface area contributed by atoms with Crippen LogP contribution in [0.25, 0.3) is 0 Å². The van der Waals surface area contributed by atoms with E-state index in [1.165, 1.54) is 20.4 Å². The van der Waals surface area contributed by atoms with Crippen molar-refractivity contribution in [3.63, 3.8) is 0 Å². The van der Waals surface area contributed by atoms with Crippen molar-refractivity contribution >= 4 is 17.9 Å². The van der Waals surface area contributed by atoms with E-state index in [2.05, 4.69) is 10.3 Å². The number of aliphatic imine (C=N–C) groups is 1. The number of nitrogens with zero attached hydrogens (tertiary/aromatic N) is 1. The molecule has 0 aromatic rings. The third-order valence-electron chi connectivity index (χ3n) is 9.70. The van der Waals surface area contributed by atoms with Crippen LogP contribution < -0.4 is 21.1 Å². The smallest absolute Gasteiger partial charge is 0.337 e. The largest absolute Gasteiger partial charge is 0.550 e. The van der Waals surface area contributed by atoms with Crippen LogP contribution in [0, 0.1) is 23.7 Å². The normalized spacial score (nSPS) is 37.8. The number of carboxylic acid groups (broad SMARTS) is 1. The van der Waals surface area contributed by atoms with Crippen molar-refractivity contribution < 1.29 is 64.1 Å². The number of aliphatic carboxylic acids is 1. The van der Waals surface area contributed by atoms with Gasteiger partial charge in [0.1, 0.15) is 31.0 Å². The summed E-state index contributed by atoms with van der Waals surface area (Å²) in [4.78, 5) is 30.2. The number of carbonyl (C=O) groups is 2. The van der Waals surface area contributed by atoms with E-state index in [0.29, 0.717) is 13.1 Å². The fourth-order valence-corrected chi connectivity index (χ4v) is 7.05. The summed E-state index contributed by atoms with van der Waals surface area (Å²) in [6, 6.07) is -0.723. The molecule has 0 radical (unpaired) electrons. The van der Waals surface area contributed by atoms with Crippen LogP contribution in [-0.4, -0.2) is 133 Å². The lowest BCUT2D eigenvalue weighted by Gasteiger charge is -2.43. The van der Waals surface area contributed by atoms with Crippen molar-refractivity contribution in [1.82, 2.24) is 5.32 Å². The van der Waals surface area contributed by atoms with Gasteiger partial charge in [-0.1, -0.05) is 30.2 Å². The Kier molecular flexibility index (Phi) is 13.8. The Morgan fingerprint density at radius 2 is 1.83 bits per heavy atom. The Hall–Kier alpha value is -3.09. The van der Waals surface area contributed by atoms with Gasteiger partial charge in [0.2, 0.25) is 6.29 Å². The lowest BCUT2D eigenvalue weighted by molar-refractivity contribution is -0.911. The van der Waals surface area contributed by atoms with Gasteiger partial charge in [0, 0.05) is 18.9 Å². The highest BCUT2D eigenvalue weighted by atomic mass is 16.8. The molecule has 4 unspecified atom stereocenters. The summed E-state index contributed by atoms with van der Waals surface area (Å²) < 4.78 is 22.7. The molecular weight excluding hydrogens is 632 g/mol. The van der Waals surface area contributed by atoms with Crippen LogP contribution in [0.4, 0.5) is 0 Å². The van der Waals surface area contributed by atoms with Gasteiger partial charge in [-0.3, -0.25) is 4.99 Å². The molecule has 0 aromatic heterocycles. The second-order valence-electron chi connectivity index (χ2n) is 12.8. The van der Waals surface area contributed by atoms with Gasteiger partial charge >= 0.3 is 5.97 Å². The highest BCUT2D eigenvalue weighted by Gasteiger charge is 2.48. The summed E-state index contributed by atoms with van der Waals surface area (Å²) in [7, 11) is 2.71. The number of allylic oxidation sites excluding steroid dienone is 2. The summed E-state index contributed by atoms with van der Waals surface area (Å²) in [5, 5.41) is 66.0. The zero-order valence-corrected chi connectivity index (χ0v) is 27.3. The van der Waals surface area contributed by atoms with E-state index < -0.39 is 85.3 Å². The zero-order chi connectivity index (χ0) is 35.0. The van der Waals surface area contributed by atoms with Gasteiger partial charge in [0.15, 0.2) is 12.2 Å². The highest BCUT2D eigenvalue weighted by Crippen LogP contribution is 2.39. The second kappa shape index (κ2) is 17.5. The van der Waals surface area contributed by atoms with Gasteiger partial charge in [-0.2, -0.15) is 0 Å².